The molecule has 2 rings (SSSR count). The van der Waals surface area contributed by atoms with Crippen LogP contribution in [0.2, 0.25) is 0 Å². The Kier molecular flexibility index (Phi) is 6.60. The van der Waals surface area contributed by atoms with E-state index < -0.39 is 33.9 Å². The number of carbonyl (C=O) groups is 2. The molecular formula is C19H22N2O7S. The van der Waals surface area contributed by atoms with Crippen LogP contribution < -0.4 is 5.32 Å². The van der Waals surface area contributed by atoms with Crippen molar-refractivity contribution in [3.8, 4) is 0 Å². The van der Waals surface area contributed by atoms with Crippen molar-refractivity contribution in [2.75, 3.05) is 11.6 Å². The van der Waals surface area contributed by atoms with E-state index in [2.05, 4.69) is 10.3 Å². The third-order valence-electron chi connectivity index (χ3n) is 3.39. The zero-order valence-corrected chi connectivity index (χ0v) is 17.2. The lowest BCUT2D eigenvalue weighted by Crippen LogP contribution is -2.27. The van der Waals surface area contributed by atoms with Crippen molar-refractivity contribution in [2.24, 2.45) is 0 Å². The number of aromatic nitrogens is 1. The van der Waals surface area contributed by atoms with E-state index in [1.807, 2.05) is 0 Å². The third kappa shape index (κ3) is 7.16. The van der Waals surface area contributed by atoms with Crippen molar-refractivity contribution in [3.63, 3.8) is 0 Å². The molecule has 0 aliphatic carbocycles. The summed E-state index contributed by atoms with van der Waals surface area (Å²) in [6.45, 7) is 5.21. The van der Waals surface area contributed by atoms with Gasteiger partial charge in [0.25, 0.3) is 10.1 Å². The highest BCUT2D eigenvalue weighted by atomic mass is 32.2. The molecule has 0 aliphatic rings. The molecule has 1 aromatic carbocycles. The van der Waals surface area contributed by atoms with Gasteiger partial charge in [0.15, 0.2) is 0 Å². The number of pyridine rings is 1. The molecule has 156 valence electrons. The Morgan fingerprint density at radius 1 is 1.10 bits per heavy atom. The van der Waals surface area contributed by atoms with Crippen LogP contribution in [0.4, 0.5) is 10.5 Å². The molecule has 1 heterocycles. The Bertz CT molecular complexity index is 996. The average molecular weight is 422 g/mol. The normalized spacial score (nSPS) is 12.8. The van der Waals surface area contributed by atoms with Crippen molar-refractivity contribution >= 4 is 27.9 Å². The summed E-state index contributed by atoms with van der Waals surface area (Å²) < 4.78 is 33.7. The smallest absolute Gasteiger partial charge is 0.412 e. The van der Waals surface area contributed by atoms with E-state index in [1.165, 1.54) is 30.3 Å². The van der Waals surface area contributed by atoms with Gasteiger partial charge in [-0.2, -0.15) is 8.42 Å². The number of hydrogen-bond acceptors (Lipinski definition) is 7. The molecule has 1 atom stereocenters. The predicted molar refractivity (Wildman–Crippen MR) is 105 cm³/mol. The van der Waals surface area contributed by atoms with Crippen LogP contribution in [0.25, 0.3) is 0 Å². The van der Waals surface area contributed by atoms with Crippen LogP contribution in [0, 0.1) is 0 Å². The zero-order valence-electron chi connectivity index (χ0n) is 16.4. The Labute approximate surface area is 168 Å². The molecule has 29 heavy (non-hydrogen) atoms. The molecule has 0 aliphatic heterocycles. The second-order valence-electron chi connectivity index (χ2n) is 7.18. The van der Waals surface area contributed by atoms with Gasteiger partial charge in [-0.3, -0.25) is 9.50 Å². The molecule has 2 N–H and O–H groups in total. The molecule has 10 heteroatoms. The topological polar surface area (TPSA) is 132 Å². The van der Waals surface area contributed by atoms with Gasteiger partial charge in [-0.1, -0.05) is 18.2 Å². The first-order valence-electron chi connectivity index (χ1n) is 8.52. The molecule has 1 unspecified atom stereocenters. The molecule has 0 fully saturated rings. The van der Waals surface area contributed by atoms with E-state index >= 15 is 0 Å². The number of carbonyl (C=O) groups excluding carboxylic acids is 1. The van der Waals surface area contributed by atoms with Crippen molar-refractivity contribution in [1.82, 2.24) is 4.98 Å². The number of amides is 1. The van der Waals surface area contributed by atoms with Crippen LogP contribution in [0.3, 0.4) is 0 Å². The molecule has 9 nitrogen and oxygen atoms in total. The van der Waals surface area contributed by atoms with Crippen LogP contribution in [0.5, 0.6) is 0 Å². The summed E-state index contributed by atoms with van der Waals surface area (Å²) in [6, 6.07) is 10.4. The van der Waals surface area contributed by atoms with Gasteiger partial charge >= 0.3 is 12.1 Å². The lowest BCUT2D eigenvalue weighted by molar-refractivity contribution is 0.0633. The Morgan fingerprint density at radius 3 is 2.24 bits per heavy atom. The molecule has 1 aromatic heterocycles. The lowest BCUT2D eigenvalue weighted by atomic mass is 10.1. The van der Waals surface area contributed by atoms with Gasteiger partial charge in [0.05, 0.1) is 11.9 Å². The highest BCUT2D eigenvalue weighted by Crippen LogP contribution is 2.28. The standard InChI is InChI=1S/C19H22N2O7S/c1-19(2,3)27-18(24)20-13-10-8-12(9-11-13)16(28-29(4,25)26)14-6-5-7-15(21-14)17(22)23/h5-11,16H,1-4H3,(H,20,24)(H,22,23). The summed E-state index contributed by atoms with van der Waals surface area (Å²) in [5.74, 6) is -1.25. The Hall–Kier alpha value is -2.98. The number of anilines is 1. The van der Waals surface area contributed by atoms with Crippen molar-refractivity contribution in [3.05, 3.63) is 59.4 Å². The van der Waals surface area contributed by atoms with E-state index in [9.17, 15) is 18.0 Å². The minimum atomic E-state index is -3.88. The minimum absolute atomic E-state index is 0.114. The molecule has 0 saturated heterocycles. The predicted octanol–water partition coefficient (Wildman–Crippen LogP) is 3.19. The largest absolute Gasteiger partial charge is 0.477 e. The second-order valence-corrected chi connectivity index (χ2v) is 8.78. The maximum absolute atomic E-state index is 11.9. The van der Waals surface area contributed by atoms with Gasteiger partial charge in [-0.25, -0.2) is 14.6 Å². The summed E-state index contributed by atoms with van der Waals surface area (Å²) in [7, 11) is -3.88. The summed E-state index contributed by atoms with van der Waals surface area (Å²) in [4.78, 5) is 27.0. The first-order valence-corrected chi connectivity index (χ1v) is 10.3. The van der Waals surface area contributed by atoms with Gasteiger partial charge < -0.3 is 9.84 Å². The van der Waals surface area contributed by atoms with E-state index in [0.717, 1.165) is 6.26 Å². The fourth-order valence-electron chi connectivity index (χ4n) is 2.33. The van der Waals surface area contributed by atoms with E-state index in [1.54, 1.807) is 32.9 Å². The summed E-state index contributed by atoms with van der Waals surface area (Å²) in [5, 5.41) is 11.7. The van der Waals surface area contributed by atoms with Crippen molar-refractivity contribution in [1.29, 1.82) is 0 Å². The molecule has 1 amide bonds. The monoisotopic (exact) mass is 422 g/mol. The van der Waals surface area contributed by atoms with Crippen LogP contribution in [-0.4, -0.2) is 42.4 Å². The van der Waals surface area contributed by atoms with Gasteiger partial charge in [0.2, 0.25) is 0 Å². The van der Waals surface area contributed by atoms with E-state index in [0.29, 0.717) is 11.3 Å². The SMILES string of the molecule is CC(C)(C)OC(=O)Nc1ccc(C(OS(C)(=O)=O)c2cccc(C(=O)O)n2)cc1. The molecule has 0 radical (unpaired) electrons. The van der Waals surface area contributed by atoms with Crippen LogP contribution in [0.1, 0.15) is 48.6 Å². The molecular weight excluding hydrogens is 400 g/mol. The quantitative estimate of drug-likeness (QED) is 0.678. The van der Waals surface area contributed by atoms with Crippen molar-refractivity contribution in [2.45, 2.75) is 32.5 Å². The first-order chi connectivity index (χ1) is 13.3. The number of ether oxygens (including phenoxy) is 1. The van der Waals surface area contributed by atoms with Crippen molar-refractivity contribution < 1.29 is 32.0 Å². The number of rotatable bonds is 6. The molecule has 2 aromatic rings. The molecule has 0 bridgehead atoms. The van der Waals surface area contributed by atoms with Gasteiger partial charge in [-0.15, -0.1) is 0 Å². The fraction of sp³-hybridized carbons (Fsp3) is 0.316. The number of hydrogen-bond donors (Lipinski definition) is 2. The zero-order chi connectivity index (χ0) is 21.8. The average Bonchev–Trinajstić information content (AvgIpc) is 2.58. The molecule has 0 spiro atoms. The Balaban J connectivity index is 2.31. The number of carboxylic acid groups (broad SMARTS) is 1. The number of nitrogens with one attached hydrogen (secondary N) is 1. The van der Waals surface area contributed by atoms with Gasteiger partial charge in [-0.05, 0) is 50.6 Å². The second kappa shape index (κ2) is 8.58. The maximum Gasteiger partial charge on any atom is 0.412 e. The van der Waals surface area contributed by atoms with Gasteiger partial charge in [0, 0.05) is 5.69 Å². The number of benzene rings is 1. The number of carboxylic acids is 1. The first kappa shape index (κ1) is 22.3. The Morgan fingerprint density at radius 2 is 1.72 bits per heavy atom. The fourth-order valence-corrected chi connectivity index (χ4v) is 2.89. The molecule has 0 saturated carbocycles. The van der Waals surface area contributed by atoms with E-state index in [-0.39, 0.29) is 11.4 Å². The van der Waals surface area contributed by atoms with E-state index in [4.69, 9.17) is 14.0 Å². The summed E-state index contributed by atoms with van der Waals surface area (Å²) in [5.41, 5.74) is 0.0452. The van der Waals surface area contributed by atoms with Crippen LogP contribution in [0.15, 0.2) is 42.5 Å². The maximum atomic E-state index is 11.9. The summed E-state index contributed by atoms with van der Waals surface area (Å²) >= 11 is 0. The number of nitrogens with zero attached hydrogens (tertiary/aromatic N) is 1. The van der Waals surface area contributed by atoms with Crippen LogP contribution in [-0.2, 0) is 19.0 Å². The van der Waals surface area contributed by atoms with Gasteiger partial charge in [0.1, 0.15) is 17.4 Å². The van der Waals surface area contributed by atoms with Crippen LogP contribution >= 0.6 is 0 Å². The lowest BCUT2D eigenvalue weighted by Gasteiger charge is -2.20. The highest BCUT2D eigenvalue weighted by Gasteiger charge is 2.23. The summed E-state index contributed by atoms with van der Waals surface area (Å²) in [6.07, 6.45) is -0.899. The number of aromatic carboxylic acids is 1. The third-order valence-corrected chi connectivity index (χ3v) is 3.93. The minimum Gasteiger partial charge on any atom is -0.477 e. The highest BCUT2D eigenvalue weighted by molar-refractivity contribution is 7.86.